The van der Waals surface area contributed by atoms with Crippen LogP contribution in [0.5, 0.6) is 0 Å². The van der Waals surface area contributed by atoms with Crippen molar-refractivity contribution in [1.29, 1.82) is 0 Å². The first-order chi connectivity index (χ1) is 12.0. The van der Waals surface area contributed by atoms with Crippen LogP contribution in [-0.4, -0.2) is 35.5 Å². The van der Waals surface area contributed by atoms with Crippen LogP contribution in [0.4, 0.5) is 0 Å². The summed E-state index contributed by atoms with van der Waals surface area (Å²) in [6, 6.07) is 14.5. The van der Waals surface area contributed by atoms with Gasteiger partial charge in [-0.25, -0.2) is 4.79 Å². The Balaban J connectivity index is 1.81. The summed E-state index contributed by atoms with van der Waals surface area (Å²) >= 11 is 0. The molecule has 6 heteroatoms. The Kier molecular flexibility index (Phi) is 6.89. The number of rotatable bonds is 7. The van der Waals surface area contributed by atoms with Crippen LogP contribution in [0, 0.1) is 6.92 Å². The molecule has 0 radical (unpaired) electrons. The molecule has 0 fully saturated rings. The maximum absolute atomic E-state index is 12.1. The summed E-state index contributed by atoms with van der Waals surface area (Å²) in [6.07, 6.45) is 2.20. The molecule has 0 spiro atoms. The molecule has 0 saturated carbocycles. The van der Waals surface area contributed by atoms with E-state index in [1.54, 1.807) is 18.2 Å². The second-order valence-corrected chi connectivity index (χ2v) is 6.90. The van der Waals surface area contributed by atoms with E-state index in [-0.39, 0.29) is 18.1 Å². The van der Waals surface area contributed by atoms with Crippen molar-refractivity contribution in [1.82, 2.24) is 5.32 Å². The number of esters is 1. The number of hydrogen-bond donors (Lipinski definition) is 1. The van der Waals surface area contributed by atoms with Crippen LogP contribution in [0.2, 0.25) is 0 Å². The smallest absolute Gasteiger partial charge is 0.339 e. The van der Waals surface area contributed by atoms with E-state index < -0.39 is 16.8 Å². The van der Waals surface area contributed by atoms with Crippen molar-refractivity contribution in [3.8, 4) is 0 Å². The van der Waals surface area contributed by atoms with Crippen LogP contribution in [0.3, 0.4) is 0 Å². The third-order valence-electron chi connectivity index (χ3n) is 3.73. The Morgan fingerprint density at radius 2 is 1.76 bits per heavy atom. The predicted octanol–water partition coefficient (Wildman–Crippen LogP) is 2.25. The van der Waals surface area contributed by atoms with E-state index in [0.717, 1.165) is 0 Å². The van der Waals surface area contributed by atoms with Crippen molar-refractivity contribution < 1.29 is 18.5 Å². The standard InChI is InChI=1S/C19H21NO4S/c1-14-7-3-4-8-15(14)11-12-20-18(21)13-24-19(22)16-9-5-6-10-17(16)25(2)23/h3-10H,11-13H2,1-2H3,(H,20,21)/t25-/m1/s1. The van der Waals surface area contributed by atoms with Crippen LogP contribution in [0.15, 0.2) is 53.4 Å². The molecule has 25 heavy (non-hydrogen) atoms. The zero-order valence-electron chi connectivity index (χ0n) is 14.3. The number of amides is 1. The molecule has 2 rings (SSSR count). The third-order valence-corrected chi connectivity index (χ3v) is 4.70. The summed E-state index contributed by atoms with van der Waals surface area (Å²) in [5.74, 6) is -1.02. The van der Waals surface area contributed by atoms with Crippen LogP contribution < -0.4 is 5.32 Å². The SMILES string of the molecule is Cc1ccccc1CCNC(=O)COC(=O)c1ccccc1[S@@](C)=O. The van der Waals surface area contributed by atoms with E-state index in [4.69, 9.17) is 4.74 Å². The fourth-order valence-corrected chi connectivity index (χ4v) is 3.10. The van der Waals surface area contributed by atoms with Gasteiger partial charge in [-0.1, -0.05) is 36.4 Å². The van der Waals surface area contributed by atoms with Gasteiger partial charge in [-0.05, 0) is 36.6 Å². The molecule has 0 unspecified atom stereocenters. The first-order valence-corrected chi connectivity index (χ1v) is 9.45. The minimum Gasteiger partial charge on any atom is -0.452 e. The van der Waals surface area contributed by atoms with Gasteiger partial charge in [0.2, 0.25) is 0 Å². The zero-order chi connectivity index (χ0) is 18.2. The summed E-state index contributed by atoms with van der Waals surface area (Å²) in [5.41, 5.74) is 2.56. The Morgan fingerprint density at radius 1 is 1.08 bits per heavy atom. The number of carbonyl (C=O) groups excluding carboxylic acids is 2. The highest BCUT2D eigenvalue weighted by molar-refractivity contribution is 7.84. The van der Waals surface area contributed by atoms with Crippen LogP contribution >= 0.6 is 0 Å². The summed E-state index contributed by atoms with van der Waals surface area (Å²) in [4.78, 5) is 24.3. The fraction of sp³-hybridized carbons (Fsp3) is 0.263. The fourth-order valence-electron chi connectivity index (χ4n) is 2.37. The highest BCUT2D eigenvalue weighted by Gasteiger charge is 2.15. The second kappa shape index (κ2) is 9.13. The maximum atomic E-state index is 12.1. The summed E-state index contributed by atoms with van der Waals surface area (Å²) in [7, 11) is -1.31. The minimum absolute atomic E-state index is 0.219. The van der Waals surface area contributed by atoms with Gasteiger partial charge in [-0.15, -0.1) is 0 Å². The van der Waals surface area contributed by atoms with Crippen molar-refractivity contribution >= 4 is 22.7 Å². The summed E-state index contributed by atoms with van der Waals surface area (Å²) < 4.78 is 16.7. The van der Waals surface area contributed by atoms with E-state index in [2.05, 4.69) is 5.32 Å². The molecule has 1 atom stereocenters. The number of benzene rings is 2. The number of nitrogens with one attached hydrogen (secondary N) is 1. The number of aryl methyl sites for hydroxylation is 1. The molecule has 2 aromatic carbocycles. The van der Waals surface area contributed by atoms with Gasteiger partial charge in [0.15, 0.2) is 6.61 Å². The minimum atomic E-state index is -1.31. The molecular formula is C19H21NO4S. The van der Waals surface area contributed by atoms with Gasteiger partial charge >= 0.3 is 5.97 Å². The normalized spacial score (nSPS) is 11.6. The van der Waals surface area contributed by atoms with Gasteiger partial charge in [-0.2, -0.15) is 0 Å². The molecule has 0 aliphatic carbocycles. The lowest BCUT2D eigenvalue weighted by atomic mass is 10.1. The van der Waals surface area contributed by atoms with Gasteiger partial charge < -0.3 is 10.1 Å². The molecule has 132 valence electrons. The van der Waals surface area contributed by atoms with Crippen molar-refractivity contribution in [3.63, 3.8) is 0 Å². The lowest BCUT2D eigenvalue weighted by Crippen LogP contribution is -2.30. The average molecular weight is 359 g/mol. The van der Waals surface area contributed by atoms with Crippen molar-refractivity contribution in [2.75, 3.05) is 19.4 Å². The summed E-state index contributed by atoms with van der Waals surface area (Å²) in [5, 5.41) is 2.73. The Bertz CT molecular complexity index is 788. The molecule has 2 aromatic rings. The average Bonchev–Trinajstić information content (AvgIpc) is 2.61. The monoisotopic (exact) mass is 359 g/mol. The lowest BCUT2D eigenvalue weighted by Gasteiger charge is -2.09. The van der Waals surface area contributed by atoms with Crippen molar-refractivity contribution in [3.05, 3.63) is 65.2 Å². The van der Waals surface area contributed by atoms with Gasteiger partial charge in [-0.3, -0.25) is 9.00 Å². The third kappa shape index (κ3) is 5.53. The molecule has 1 amide bonds. The molecule has 0 bridgehead atoms. The number of hydrogen-bond acceptors (Lipinski definition) is 4. The topological polar surface area (TPSA) is 72.5 Å². The van der Waals surface area contributed by atoms with E-state index in [1.165, 1.54) is 23.4 Å². The zero-order valence-corrected chi connectivity index (χ0v) is 15.1. The van der Waals surface area contributed by atoms with Gasteiger partial charge in [0.05, 0.1) is 21.3 Å². The number of ether oxygens (including phenoxy) is 1. The van der Waals surface area contributed by atoms with Crippen LogP contribution in [0.1, 0.15) is 21.5 Å². The first-order valence-electron chi connectivity index (χ1n) is 7.90. The van der Waals surface area contributed by atoms with Gasteiger partial charge in [0.25, 0.3) is 5.91 Å². The molecule has 0 aliphatic heterocycles. The molecule has 0 aliphatic rings. The van der Waals surface area contributed by atoms with E-state index >= 15 is 0 Å². The molecule has 5 nitrogen and oxygen atoms in total. The molecule has 0 heterocycles. The highest BCUT2D eigenvalue weighted by atomic mass is 32.2. The number of carbonyl (C=O) groups is 2. The largest absolute Gasteiger partial charge is 0.452 e. The van der Waals surface area contributed by atoms with Gasteiger partial charge in [0.1, 0.15) is 0 Å². The highest BCUT2D eigenvalue weighted by Crippen LogP contribution is 2.13. The van der Waals surface area contributed by atoms with Crippen molar-refractivity contribution in [2.24, 2.45) is 0 Å². The molecule has 1 N–H and O–H groups in total. The first kappa shape index (κ1) is 18.9. The Labute approximate surface area is 149 Å². The Hall–Kier alpha value is -2.47. The molecule has 0 saturated heterocycles. The van der Waals surface area contributed by atoms with Crippen LogP contribution in [-0.2, 0) is 26.8 Å². The van der Waals surface area contributed by atoms with E-state index in [0.29, 0.717) is 17.9 Å². The van der Waals surface area contributed by atoms with E-state index in [9.17, 15) is 13.8 Å². The van der Waals surface area contributed by atoms with E-state index in [1.807, 2.05) is 31.2 Å². The second-order valence-electron chi connectivity index (χ2n) is 5.55. The van der Waals surface area contributed by atoms with Gasteiger partial charge in [0, 0.05) is 12.8 Å². The molecule has 0 aromatic heterocycles. The quantitative estimate of drug-likeness (QED) is 0.770. The van der Waals surface area contributed by atoms with Crippen LogP contribution in [0.25, 0.3) is 0 Å². The maximum Gasteiger partial charge on any atom is 0.339 e. The summed E-state index contributed by atoms with van der Waals surface area (Å²) in [6.45, 7) is 2.13. The van der Waals surface area contributed by atoms with Crippen molar-refractivity contribution in [2.45, 2.75) is 18.2 Å². The Morgan fingerprint density at radius 3 is 2.48 bits per heavy atom. The lowest BCUT2D eigenvalue weighted by molar-refractivity contribution is -0.124. The molecular weight excluding hydrogens is 338 g/mol. The predicted molar refractivity (Wildman–Crippen MR) is 96.9 cm³/mol.